The zero-order valence-corrected chi connectivity index (χ0v) is 13.7. The minimum atomic E-state index is 0.0172. The van der Waals surface area contributed by atoms with Gasteiger partial charge in [0.1, 0.15) is 5.78 Å². The third kappa shape index (κ3) is 1.72. The molecule has 0 radical (unpaired) electrons. The highest BCUT2D eigenvalue weighted by Gasteiger charge is 2.57. The summed E-state index contributed by atoms with van der Waals surface area (Å²) in [6.07, 6.45) is 13.2. The molecule has 5 atom stereocenters. The van der Waals surface area contributed by atoms with E-state index < -0.39 is 0 Å². The zero-order chi connectivity index (χ0) is 14.8. The normalized spacial score (nSPS) is 48.9. The first-order valence-corrected chi connectivity index (χ1v) is 8.86. The van der Waals surface area contributed by atoms with E-state index in [1.54, 1.807) is 11.1 Å². The molecule has 0 N–H and O–H groups in total. The van der Waals surface area contributed by atoms with Crippen molar-refractivity contribution in [1.82, 2.24) is 0 Å². The van der Waals surface area contributed by atoms with E-state index in [0.29, 0.717) is 17.1 Å². The van der Waals surface area contributed by atoms with Crippen molar-refractivity contribution in [2.75, 3.05) is 0 Å². The molecular formula is C20H28O. The molecule has 3 unspecified atom stereocenters. The predicted molar refractivity (Wildman–Crippen MR) is 85.9 cm³/mol. The number of carbonyl (C=O) groups is 1. The van der Waals surface area contributed by atoms with Crippen LogP contribution in [-0.4, -0.2) is 5.78 Å². The van der Waals surface area contributed by atoms with Gasteiger partial charge >= 0.3 is 0 Å². The van der Waals surface area contributed by atoms with Crippen molar-refractivity contribution in [2.24, 2.45) is 28.6 Å². The Labute approximate surface area is 128 Å². The largest absolute Gasteiger partial charge is 0.299 e. The molecule has 2 fully saturated rings. The molecule has 4 rings (SSSR count). The van der Waals surface area contributed by atoms with E-state index in [1.807, 2.05) is 0 Å². The second-order valence-electron chi connectivity index (χ2n) is 8.60. The molecule has 0 aromatic rings. The predicted octanol–water partition coefficient (Wildman–Crippen LogP) is 5.07. The van der Waals surface area contributed by atoms with Gasteiger partial charge in [0.2, 0.25) is 0 Å². The van der Waals surface area contributed by atoms with Gasteiger partial charge in [-0.1, -0.05) is 31.6 Å². The minimum absolute atomic E-state index is 0.0172. The van der Waals surface area contributed by atoms with Gasteiger partial charge in [-0.2, -0.15) is 0 Å². The van der Waals surface area contributed by atoms with E-state index in [2.05, 4.69) is 32.9 Å². The first-order chi connectivity index (χ1) is 9.95. The van der Waals surface area contributed by atoms with E-state index in [1.165, 1.54) is 25.7 Å². The third-order valence-electron chi connectivity index (χ3n) is 7.67. The van der Waals surface area contributed by atoms with Crippen LogP contribution in [0.4, 0.5) is 0 Å². The van der Waals surface area contributed by atoms with Gasteiger partial charge in [-0.05, 0) is 74.2 Å². The van der Waals surface area contributed by atoms with Crippen molar-refractivity contribution < 1.29 is 4.79 Å². The van der Waals surface area contributed by atoms with Gasteiger partial charge in [-0.15, -0.1) is 0 Å². The first-order valence-electron chi connectivity index (χ1n) is 8.86. The van der Waals surface area contributed by atoms with Crippen molar-refractivity contribution in [3.63, 3.8) is 0 Å². The molecule has 0 amide bonds. The zero-order valence-electron chi connectivity index (χ0n) is 13.7. The van der Waals surface area contributed by atoms with Crippen LogP contribution < -0.4 is 0 Å². The summed E-state index contributed by atoms with van der Waals surface area (Å²) in [6.45, 7) is 7.06. The molecule has 0 aromatic carbocycles. The van der Waals surface area contributed by atoms with Gasteiger partial charge < -0.3 is 0 Å². The number of carbonyl (C=O) groups excluding carboxylic acids is 1. The topological polar surface area (TPSA) is 17.1 Å². The standard InChI is InChI=1S/C20H28O/c1-13-8-10-19(2)14(12-13)4-5-15-16-6-7-18(21)20(16,3)11-9-17(15)19/h4,12,15-17H,5-11H2,1-3H3/t15?,16?,17?,19-,20-/m0/s1. The summed E-state index contributed by atoms with van der Waals surface area (Å²) >= 11 is 0. The maximum Gasteiger partial charge on any atom is 0.139 e. The Bertz CT molecular complexity index is 554. The maximum absolute atomic E-state index is 12.4. The summed E-state index contributed by atoms with van der Waals surface area (Å²) in [6, 6.07) is 0. The SMILES string of the molecule is CC1=CC2=CCC3C(CC[C@]4(C)C(=O)CCC34)[C@@]2(C)CC1. The average molecular weight is 284 g/mol. The fourth-order valence-corrected chi connectivity index (χ4v) is 6.24. The fourth-order valence-electron chi connectivity index (χ4n) is 6.24. The lowest BCUT2D eigenvalue weighted by Crippen LogP contribution is -2.49. The van der Waals surface area contributed by atoms with Crippen LogP contribution in [0.2, 0.25) is 0 Å². The van der Waals surface area contributed by atoms with Crippen molar-refractivity contribution in [2.45, 2.75) is 65.7 Å². The van der Waals surface area contributed by atoms with Crippen LogP contribution in [0.3, 0.4) is 0 Å². The second-order valence-corrected chi connectivity index (χ2v) is 8.60. The molecule has 2 saturated carbocycles. The first kappa shape index (κ1) is 13.8. The second kappa shape index (κ2) is 4.33. The number of hydrogen-bond donors (Lipinski definition) is 0. The molecule has 0 spiro atoms. The Balaban J connectivity index is 1.73. The summed E-state index contributed by atoms with van der Waals surface area (Å²) in [5, 5.41) is 0. The van der Waals surface area contributed by atoms with Crippen molar-refractivity contribution in [3.05, 3.63) is 23.3 Å². The van der Waals surface area contributed by atoms with E-state index >= 15 is 0 Å². The molecule has 4 aliphatic carbocycles. The molecule has 1 heteroatoms. The van der Waals surface area contributed by atoms with E-state index in [0.717, 1.165) is 31.1 Å². The molecule has 0 aromatic heterocycles. The fraction of sp³-hybridized carbons (Fsp3) is 0.750. The van der Waals surface area contributed by atoms with Gasteiger partial charge in [-0.3, -0.25) is 4.79 Å². The monoisotopic (exact) mass is 284 g/mol. The number of allylic oxidation sites excluding steroid dienone is 4. The van der Waals surface area contributed by atoms with E-state index in [4.69, 9.17) is 0 Å². The molecule has 21 heavy (non-hydrogen) atoms. The summed E-state index contributed by atoms with van der Waals surface area (Å²) < 4.78 is 0. The van der Waals surface area contributed by atoms with Crippen molar-refractivity contribution >= 4 is 5.78 Å². The van der Waals surface area contributed by atoms with Crippen molar-refractivity contribution in [3.8, 4) is 0 Å². The Kier molecular flexibility index (Phi) is 2.85. The molecule has 0 aliphatic heterocycles. The molecule has 0 saturated heterocycles. The molecule has 0 bridgehead atoms. The van der Waals surface area contributed by atoms with Gasteiger partial charge in [0.05, 0.1) is 0 Å². The Morgan fingerprint density at radius 2 is 1.81 bits per heavy atom. The summed E-state index contributed by atoms with van der Waals surface area (Å²) in [4.78, 5) is 12.4. The van der Waals surface area contributed by atoms with Crippen LogP contribution in [0.15, 0.2) is 23.3 Å². The molecule has 0 heterocycles. The highest BCUT2D eigenvalue weighted by molar-refractivity contribution is 5.87. The minimum Gasteiger partial charge on any atom is -0.299 e. The van der Waals surface area contributed by atoms with E-state index in [9.17, 15) is 4.79 Å². The Morgan fingerprint density at radius 1 is 1.05 bits per heavy atom. The van der Waals surface area contributed by atoms with Crippen LogP contribution in [0, 0.1) is 28.6 Å². The van der Waals surface area contributed by atoms with Crippen LogP contribution in [0.5, 0.6) is 0 Å². The summed E-state index contributed by atoms with van der Waals surface area (Å²) in [5.74, 6) is 2.79. The smallest absolute Gasteiger partial charge is 0.139 e. The van der Waals surface area contributed by atoms with Gasteiger partial charge in [0.25, 0.3) is 0 Å². The van der Waals surface area contributed by atoms with Gasteiger partial charge in [0, 0.05) is 11.8 Å². The van der Waals surface area contributed by atoms with Crippen molar-refractivity contribution in [1.29, 1.82) is 0 Å². The van der Waals surface area contributed by atoms with E-state index in [-0.39, 0.29) is 5.41 Å². The molecule has 1 nitrogen and oxygen atoms in total. The molecule has 4 aliphatic rings. The number of rotatable bonds is 0. The molecule has 114 valence electrons. The quantitative estimate of drug-likeness (QED) is 0.606. The lowest BCUT2D eigenvalue weighted by atomic mass is 9.48. The van der Waals surface area contributed by atoms with Gasteiger partial charge in [0.15, 0.2) is 0 Å². The van der Waals surface area contributed by atoms with Crippen LogP contribution in [0.1, 0.15) is 65.7 Å². The van der Waals surface area contributed by atoms with Crippen LogP contribution >= 0.6 is 0 Å². The maximum atomic E-state index is 12.4. The number of hydrogen-bond acceptors (Lipinski definition) is 1. The van der Waals surface area contributed by atoms with Gasteiger partial charge in [-0.25, -0.2) is 0 Å². The van der Waals surface area contributed by atoms with Crippen LogP contribution in [0.25, 0.3) is 0 Å². The lowest BCUT2D eigenvalue weighted by Gasteiger charge is -2.55. The number of fused-ring (bicyclic) bond motifs is 5. The number of Topliss-reactive ketones (excluding diaryl/α,β-unsaturated/α-hetero) is 1. The summed E-state index contributed by atoms with van der Waals surface area (Å²) in [5.41, 5.74) is 3.56. The average Bonchev–Trinajstić information content (AvgIpc) is 2.76. The van der Waals surface area contributed by atoms with Crippen LogP contribution in [-0.2, 0) is 4.79 Å². The third-order valence-corrected chi connectivity index (χ3v) is 7.67. The highest BCUT2D eigenvalue weighted by Crippen LogP contribution is 2.63. The summed E-state index contributed by atoms with van der Waals surface area (Å²) in [7, 11) is 0. The number of ketones is 1. The lowest BCUT2D eigenvalue weighted by molar-refractivity contribution is -0.131. The highest BCUT2D eigenvalue weighted by atomic mass is 16.1. The molecular weight excluding hydrogens is 256 g/mol. The Hall–Kier alpha value is -0.850. The Morgan fingerprint density at radius 3 is 2.62 bits per heavy atom.